The Morgan fingerprint density at radius 2 is 1.62 bits per heavy atom. The molecule has 1 fully saturated rings. The summed E-state index contributed by atoms with van der Waals surface area (Å²) in [4.78, 5) is 14.3. The van der Waals surface area contributed by atoms with E-state index in [0.29, 0.717) is 32.6 Å². The number of thiophene rings is 1. The Hall–Kier alpha value is -2.88. The first-order valence-corrected chi connectivity index (χ1v) is 13.4. The van der Waals surface area contributed by atoms with Crippen molar-refractivity contribution in [3.05, 3.63) is 82.2 Å². The lowest BCUT2D eigenvalue weighted by Gasteiger charge is -2.35. The van der Waals surface area contributed by atoms with Gasteiger partial charge in [-0.2, -0.15) is 4.31 Å². The Labute approximate surface area is 202 Å². The Balaban J connectivity index is 1.43. The fourth-order valence-electron chi connectivity index (χ4n) is 4.25. The smallest absolute Gasteiger partial charge is 0.243 e. The van der Waals surface area contributed by atoms with Crippen LogP contribution in [0.4, 0.5) is 10.2 Å². The molecule has 2 aromatic heterocycles. The van der Waals surface area contributed by atoms with Crippen molar-refractivity contribution in [1.82, 2.24) is 14.3 Å². The quantitative estimate of drug-likeness (QED) is 0.406. The number of piperazine rings is 1. The van der Waals surface area contributed by atoms with E-state index >= 15 is 0 Å². The van der Waals surface area contributed by atoms with E-state index in [4.69, 9.17) is 9.97 Å². The molecule has 6 nitrogen and oxygen atoms in total. The normalized spacial score (nSPS) is 15.2. The molecule has 176 valence electrons. The molecule has 2 aromatic carbocycles. The molecule has 0 bridgehead atoms. The highest BCUT2D eigenvalue weighted by atomic mass is 32.2. The molecular weight excluding hydrogens is 471 g/mol. The Morgan fingerprint density at radius 3 is 2.29 bits per heavy atom. The van der Waals surface area contributed by atoms with Gasteiger partial charge in [-0.05, 0) is 49.2 Å². The second-order valence-electron chi connectivity index (χ2n) is 8.43. The number of hydrogen-bond acceptors (Lipinski definition) is 6. The number of aromatic nitrogens is 2. The van der Waals surface area contributed by atoms with E-state index in [-0.39, 0.29) is 4.90 Å². The van der Waals surface area contributed by atoms with E-state index in [1.807, 2.05) is 18.2 Å². The summed E-state index contributed by atoms with van der Waals surface area (Å²) in [7, 11) is -3.67. The third-order valence-corrected chi connectivity index (χ3v) is 9.26. The summed E-state index contributed by atoms with van der Waals surface area (Å²) in [6.45, 7) is 5.89. The van der Waals surface area contributed by atoms with Gasteiger partial charge in [0.25, 0.3) is 0 Å². The van der Waals surface area contributed by atoms with Crippen LogP contribution in [0.3, 0.4) is 0 Å². The van der Waals surface area contributed by atoms with Gasteiger partial charge in [-0.15, -0.1) is 11.3 Å². The number of sulfonamides is 1. The maximum Gasteiger partial charge on any atom is 0.243 e. The molecule has 0 N–H and O–H groups in total. The standard InChI is InChI=1S/C25H25FN4O2S2/c1-17-18(2)33-25-23(17)24(27-22(28-25)16-19-6-4-3-5-7-19)29-12-14-30(15-13-29)34(31,32)21-10-8-20(26)9-11-21/h3-11H,12-16H2,1-2H3. The lowest BCUT2D eigenvalue weighted by Crippen LogP contribution is -2.49. The summed E-state index contributed by atoms with van der Waals surface area (Å²) in [5.74, 6) is 1.18. The van der Waals surface area contributed by atoms with Gasteiger partial charge in [-0.3, -0.25) is 0 Å². The highest BCUT2D eigenvalue weighted by Gasteiger charge is 2.30. The van der Waals surface area contributed by atoms with Crippen molar-refractivity contribution in [3.8, 4) is 0 Å². The van der Waals surface area contributed by atoms with E-state index in [1.165, 1.54) is 39.0 Å². The molecule has 0 saturated carbocycles. The van der Waals surface area contributed by atoms with Crippen molar-refractivity contribution >= 4 is 37.4 Å². The number of fused-ring (bicyclic) bond motifs is 1. The maximum atomic E-state index is 13.3. The van der Waals surface area contributed by atoms with E-state index in [9.17, 15) is 12.8 Å². The zero-order chi connectivity index (χ0) is 23.9. The minimum atomic E-state index is -3.67. The van der Waals surface area contributed by atoms with Gasteiger partial charge in [0.1, 0.15) is 22.3 Å². The average molecular weight is 497 g/mol. The summed E-state index contributed by atoms with van der Waals surface area (Å²) < 4.78 is 40.8. The molecule has 0 aliphatic carbocycles. The van der Waals surface area contributed by atoms with Crippen molar-refractivity contribution in [2.75, 3.05) is 31.1 Å². The fraction of sp³-hybridized carbons (Fsp3) is 0.280. The molecule has 1 aliphatic rings. The van der Waals surface area contributed by atoms with Crippen LogP contribution in [0, 0.1) is 19.7 Å². The topological polar surface area (TPSA) is 66.4 Å². The molecule has 9 heteroatoms. The van der Waals surface area contributed by atoms with Crippen molar-refractivity contribution in [2.24, 2.45) is 0 Å². The SMILES string of the molecule is Cc1sc2nc(Cc3ccccc3)nc(N3CCN(S(=O)(=O)c4ccc(F)cc4)CC3)c2c1C. The van der Waals surface area contributed by atoms with E-state index < -0.39 is 15.8 Å². The van der Waals surface area contributed by atoms with Gasteiger partial charge in [0, 0.05) is 37.5 Å². The van der Waals surface area contributed by atoms with Gasteiger partial charge >= 0.3 is 0 Å². The monoisotopic (exact) mass is 496 g/mol. The number of hydrogen-bond donors (Lipinski definition) is 0. The second-order valence-corrected chi connectivity index (χ2v) is 11.6. The van der Waals surface area contributed by atoms with Crippen molar-refractivity contribution in [1.29, 1.82) is 0 Å². The summed E-state index contributed by atoms with van der Waals surface area (Å²) in [6, 6.07) is 15.1. The molecule has 1 aliphatic heterocycles. The largest absolute Gasteiger partial charge is 0.353 e. The molecule has 34 heavy (non-hydrogen) atoms. The van der Waals surface area contributed by atoms with Crippen LogP contribution < -0.4 is 4.90 Å². The van der Waals surface area contributed by atoms with E-state index in [1.54, 1.807) is 11.3 Å². The summed E-state index contributed by atoms with van der Waals surface area (Å²) in [6.07, 6.45) is 0.638. The van der Waals surface area contributed by atoms with Gasteiger partial charge in [-0.25, -0.2) is 22.8 Å². The van der Waals surface area contributed by atoms with E-state index in [2.05, 4.69) is 30.9 Å². The Morgan fingerprint density at radius 1 is 0.941 bits per heavy atom. The number of rotatable bonds is 5. The lowest BCUT2D eigenvalue weighted by atomic mass is 10.1. The molecule has 0 unspecified atom stereocenters. The lowest BCUT2D eigenvalue weighted by molar-refractivity contribution is 0.384. The number of nitrogens with zero attached hydrogens (tertiary/aromatic N) is 4. The van der Waals surface area contributed by atoms with Crippen molar-refractivity contribution in [3.63, 3.8) is 0 Å². The highest BCUT2D eigenvalue weighted by molar-refractivity contribution is 7.89. The first-order chi connectivity index (χ1) is 16.3. The molecule has 0 spiro atoms. The van der Waals surface area contributed by atoms with Crippen molar-refractivity contribution in [2.45, 2.75) is 25.2 Å². The summed E-state index contributed by atoms with van der Waals surface area (Å²) in [5, 5.41) is 1.05. The minimum absolute atomic E-state index is 0.112. The van der Waals surface area contributed by atoms with Gasteiger partial charge in [0.05, 0.1) is 10.3 Å². The Kier molecular flexibility index (Phi) is 6.09. The first-order valence-electron chi connectivity index (χ1n) is 11.1. The molecule has 0 amide bonds. The van der Waals surface area contributed by atoms with E-state index in [0.717, 1.165) is 27.4 Å². The number of anilines is 1. The molecule has 4 aromatic rings. The first kappa shape index (κ1) is 22.9. The van der Waals surface area contributed by atoms with Crippen molar-refractivity contribution < 1.29 is 12.8 Å². The highest BCUT2D eigenvalue weighted by Crippen LogP contribution is 2.36. The molecule has 1 saturated heterocycles. The number of aryl methyl sites for hydroxylation is 2. The van der Waals surface area contributed by atoms with Gasteiger partial charge in [0.2, 0.25) is 10.0 Å². The molecule has 0 atom stereocenters. The molecule has 0 radical (unpaired) electrons. The summed E-state index contributed by atoms with van der Waals surface area (Å²) in [5.41, 5.74) is 2.32. The van der Waals surface area contributed by atoms with Gasteiger partial charge in [0.15, 0.2) is 0 Å². The Bertz CT molecular complexity index is 1430. The number of halogens is 1. The van der Waals surface area contributed by atoms with Crippen LogP contribution in [0.2, 0.25) is 0 Å². The molecular formula is C25H25FN4O2S2. The maximum absolute atomic E-state index is 13.3. The summed E-state index contributed by atoms with van der Waals surface area (Å²) >= 11 is 1.67. The van der Waals surface area contributed by atoms with Crippen LogP contribution in [0.15, 0.2) is 59.5 Å². The van der Waals surface area contributed by atoms with Crippen LogP contribution in [-0.2, 0) is 16.4 Å². The number of benzene rings is 2. The van der Waals surface area contributed by atoms with Crippen LogP contribution in [0.1, 0.15) is 21.8 Å². The zero-order valence-corrected chi connectivity index (χ0v) is 20.7. The molecule has 5 rings (SSSR count). The fourth-order valence-corrected chi connectivity index (χ4v) is 6.72. The average Bonchev–Trinajstić information content (AvgIpc) is 3.13. The second kappa shape index (κ2) is 9.05. The predicted octanol–water partition coefficient (Wildman–Crippen LogP) is 4.55. The third-order valence-electron chi connectivity index (χ3n) is 6.25. The van der Waals surface area contributed by atoms with Gasteiger partial charge < -0.3 is 4.90 Å². The van der Waals surface area contributed by atoms with Crippen LogP contribution >= 0.6 is 11.3 Å². The van der Waals surface area contributed by atoms with Gasteiger partial charge in [-0.1, -0.05) is 30.3 Å². The van der Waals surface area contributed by atoms with Crippen LogP contribution in [0.5, 0.6) is 0 Å². The third kappa shape index (κ3) is 4.31. The zero-order valence-electron chi connectivity index (χ0n) is 19.0. The van der Waals surface area contributed by atoms with Crippen LogP contribution in [0.25, 0.3) is 10.2 Å². The molecule has 3 heterocycles. The van der Waals surface area contributed by atoms with Crippen LogP contribution in [-0.4, -0.2) is 48.9 Å². The minimum Gasteiger partial charge on any atom is -0.353 e. The predicted molar refractivity (Wildman–Crippen MR) is 134 cm³/mol.